The van der Waals surface area contributed by atoms with Crippen molar-refractivity contribution in [2.75, 3.05) is 32.8 Å². The molecule has 18 heavy (non-hydrogen) atoms. The average Bonchev–Trinajstić information content (AvgIpc) is 2.40. The van der Waals surface area contributed by atoms with Crippen LogP contribution >= 0.6 is 15.9 Å². The van der Waals surface area contributed by atoms with Gasteiger partial charge in [-0.25, -0.2) is 4.39 Å². The molecule has 0 spiro atoms. The molecule has 1 aliphatic heterocycles. The SMILES string of the molecule is OCC[C@@H](c1cc(F)ccc1Br)N1CCNCC1. The van der Waals surface area contributed by atoms with Gasteiger partial charge in [-0.2, -0.15) is 0 Å². The summed E-state index contributed by atoms with van der Waals surface area (Å²) in [5, 5.41) is 12.5. The van der Waals surface area contributed by atoms with Crippen molar-refractivity contribution in [2.45, 2.75) is 12.5 Å². The van der Waals surface area contributed by atoms with Gasteiger partial charge in [-0.15, -0.1) is 0 Å². The monoisotopic (exact) mass is 316 g/mol. The van der Waals surface area contributed by atoms with Crippen molar-refractivity contribution < 1.29 is 9.50 Å². The zero-order valence-corrected chi connectivity index (χ0v) is 11.8. The van der Waals surface area contributed by atoms with Crippen molar-refractivity contribution >= 4 is 15.9 Å². The molecule has 100 valence electrons. The lowest BCUT2D eigenvalue weighted by Crippen LogP contribution is -2.45. The molecule has 5 heteroatoms. The van der Waals surface area contributed by atoms with E-state index in [1.807, 2.05) is 0 Å². The first-order valence-electron chi connectivity index (χ1n) is 6.23. The van der Waals surface area contributed by atoms with Crippen LogP contribution in [0.4, 0.5) is 4.39 Å². The largest absolute Gasteiger partial charge is 0.396 e. The first-order chi connectivity index (χ1) is 8.72. The van der Waals surface area contributed by atoms with E-state index in [2.05, 4.69) is 26.1 Å². The van der Waals surface area contributed by atoms with Gasteiger partial charge in [0.25, 0.3) is 0 Å². The molecule has 0 saturated carbocycles. The second kappa shape index (κ2) is 6.61. The molecule has 1 saturated heterocycles. The predicted molar refractivity (Wildman–Crippen MR) is 73.0 cm³/mol. The maximum Gasteiger partial charge on any atom is 0.123 e. The fourth-order valence-corrected chi connectivity index (χ4v) is 2.93. The molecule has 1 fully saturated rings. The van der Waals surface area contributed by atoms with Crippen LogP contribution in [0, 0.1) is 5.82 Å². The van der Waals surface area contributed by atoms with Crippen LogP contribution in [0.25, 0.3) is 0 Å². The van der Waals surface area contributed by atoms with E-state index in [4.69, 9.17) is 0 Å². The van der Waals surface area contributed by atoms with Crippen molar-refractivity contribution in [2.24, 2.45) is 0 Å². The Morgan fingerprint density at radius 3 is 2.78 bits per heavy atom. The molecule has 0 radical (unpaired) electrons. The summed E-state index contributed by atoms with van der Waals surface area (Å²) >= 11 is 3.48. The Morgan fingerprint density at radius 2 is 2.11 bits per heavy atom. The van der Waals surface area contributed by atoms with Crippen molar-refractivity contribution in [3.8, 4) is 0 Å². The van der Waals surface area contributed by atoms with Crippen molar-refractivity contribution in [1.29, 1.82) is 0 Å². The zero-order valence-electron chi connectivity index (χ0n) is 10.2. The van der Waals surface area contributed by atoms with Crippen LogP contribution in [0.3, 0.4) is 0 Å². The summed E-state index contributed by atoms with van der Waals surface area (Å²) in [6.07, 6.45) is 0.627. The van der Waals surface area contributed by atoms with E-state index in [0.29, 0.717) is 6.42 Å². The molecule has 1 atom stereocenters. The van der Waals surface area contributed by atoms with E-state index in [-0.39, 0.29) is 18.5 Å². The number of nitrogens with zero attached hydrogens (tertiary/aromatic N) is 1. The Kier molecular flexibility index (Phi) is 5.12. The summed E-state index contributed by atoms with van der Waals surface area (Å²) in [6.45, 7) is 3.84. The molecule has 0 amide bonds. The highest BCUT2D eigenvalue weighted by Crippen LogP contribution is 2.31. The minimum atomic E-state index is -0.230. The van der Waals surface area contributed by atoms with E-state index >= 15 is 0 Å². The smallest absolute Gasteiger partial charge is 0.123 e. The second-order valence-corrected chi connectivity index (χ2v) is 5.33. The quantitative estimate of drug-likeness (QED) is 0.891. The highest BCUT2D eigenvalue weighted by Gasteiger charge is 2.23. The van der Waals surface area contributed by atoms with Gasteiger partial charge in [0.1, 0.15) is 5.82 Å². The Morgan fingerprint density at radius 1 is 1.39 bits per heavy atom. The lowest BCUT2D eigenvalue weighted by atomic mass is 10.0. The van der Waals surface area contributed by atoms with Crippen LogP contribution in [-0.4, -0.2) is 42.8 Å². The number of aliphatic hydroxyl groups is 1. The topological polar surface area (TPSA) is 35.5 Å². The molecule has 1 aromatic carbocycles. The number of hydrogen-bond donors (Lipinski definition) is 2. The van der Waals surface area contributed by atoms with E-state index in [1.165, 1.54) is 6.07 Å². The van der Waals surface area contributed by atoms with Gasteiger partial charge in [-0.3, -0.25) is 4.90 Å². The molecule has 1 heterocycles. The highest BCUT2D eigenvalue weighted by atomic mass is 79.9. The second-order valence-electron chi connectivity index (χ2n) is 4.48. The predicted octanol–water partition coefficient (Wildman–Crippen LogP) is 1.92. The van der Waals surface area contributed by atoms with Crippen LogP contribution in [0.5, 0.6) is 0 Å². The maximum atomic E-state index is 13.4. The number of piperazine rings is 1. The van der Waals surface area contributed by atoms with E-state index in [9.17, 15) is 9.50 Å². The third-order valence-electron chi connectivity index (χ3n) is 3.31. The summed E-state index contributed by atoms with van der Waals surface area (Å²) in [5.41, 5.74) is 0.922. The van der Waals surface area contributed by atoms with E-state index in [1.54, 1.807) is 12.1 Å². The molecular weight excluding hydrogens is 299 g/mol. The van der Waals surface area contributed by atoms with Gasteiger partial charge in [0.05, 0.1) is 0 Å². The molecular formula is C13H18BrFN2O. The Bertz CT molecular complexity index is 397. The molecule has 0 aromatic heterocycles. The number of nitrogens with one attached hydrogen (secondary N) is 1. The molecule has 0 aliphatic carbocycles. The van der Waals surface area contributed by atoms with E-state index < -0.39 is 0 Å². The number of aliphatic hydroxyl groups excluding tert-OH is 1. The van der Waals surface area contributed by atoms with Gasteiger partial charge < -0.3 is 10.4 Å². The van der Waals surface area contributed by atoms with Crippen LogP contribution in [0.2, 0.25) is 0 Å². The lowest BCUT2D eigenvalue weighted by Gasteiger charge is -2.35. The summed E-state index contributed by atoms with van der Waals surface area (Å²) in [6, 6.07) is 4.81. The lowest BCUT2D eigenvalue weighted by molar-refractivity contribution is 0.140. The number of hydrogen-bond acceptors (Lipinski definition) is 3. The van der Waals surface area contributed by atoms with Crippen molar-refractivity contribution in [3.63, 3.8) is 0 Å². The van der Waals surface area contributed by atoms with Crippen LogP contribution in [-0.2, 0) is 0 Å². The molecule has 3 nitrogen and oxygen atoms in total. The Labute approximate surface area is 115 Å². The van der Waals surface area contributed by atoms with Gasteiger partial charge in [0.15, 0.2) is 0 Å². The summed E-state index contributed by atoms with van der Waals surface area (Å²) in [7, 11) is 0. The molecule has 0 unspecified atom stereocenters. The van der Waals surface area contributed by atoms with Gasteiger partial charge in [0.2, 0.25) is 0 Å². The minimum Gasteiger partial charge on any atom is -0.396 e. The zero-order chi connectivity index (χ0) is 13.0. The summed E-state index contributed by atoms with van der Waals surface area (Å²) < 4.78 is 14.3. The number of halogens is 2. The van der Waals surface area contributed by atoms with Crippen LogP contribution in [0.15, 0.2) is 22.7 Å². The molecule has 2 rings (SSSR count). The number of rotatable bonds is 4. The summed E-state index contributed by atoms with van der Waals surface area (Å²) in [5.74, 6) is -0.230. The third kappa shape index (κ3) is 3.29. The highest BCUT2D eigenvalue weighted by molar-refractivity contribution is 9.10. The molecule has 1 aliphatic rings. The Hall–Kier alpha value is -0.490. The maximum absolute atomic E-state index is 13.4. The first kappa shape index (κ1) is 13.9. The van der Waals surface area contributed by atoms with Gasteiger partial charge in [0, 0.05) is 43.3 Å². The molecule has 0 bridgehead atoms. The van der Waals surface area contributed by atoms with Gasteiger partial charge in [-0.1, -0.05) is 15.9 Å². The molecule has 1 aromatic rings. The number of benzene rings is 1. The standard InChI is InChI=1S/C13H18BrFN2O/c14-12-2-1-10(15)9-11(12)13(3-8-18)17-6-4-16-5-7-17/h1-2,9,13,16,18H,3-8H2/t13-/m0/s1. The Balaban J connectivity index is 2.24. The van der Waals surface area contributed by atoms with Gasteiger partial charge >= 0.3 is 0 Å². The fourth-order valence-electron chi connectivity index (χ4n) is 2.42. The van der Waals surface area contributed by atoms with Crippen molar-refractivity contribution in [1.82, 2.24) is 10.2 Å². The third-order valence-corrected chi connectivity index (χ3v) is 4.03. The van der Waals surface area contributed by atoms with Crippen molar-refractivity contribution in [3.05, 3.63) is 34.1 Å². The summed E-state index contributed by atoms with van der Waals surface area (Å²) in [4.78, 5) is 2.30. The van der Waals surface area contributed by atoms with Crippen LogP contribution < -0.4 is 5.32 Å². The van der Waals surface area contributed by atoms with E-state index in [0.717, 1.165) is 36.2 Å². The minimum absolute atomic E-state index is 0.0715. The first-order valence-corrected chi connectivity index (χ1v) is 7.02. The van der Waals surface area contributed by atoms with Gasteiger partial charge in [-0.05, 0) is 30.2 Å². The average molecular weight is 317 g/mol. The van der Waals surface area contributed by atoms with Crippen LogP contribution in [0.1, 0.15) is 18.0 Å². The fraction of sp³-hybridized carbons (Fsp3) is 0.538. The molecule has 2 N–H and O–H groups in total. The normalized spacial score (nSPS) is 18.8.